The van der Waals surface area contributed by atoms with E-state index in [1.165, 1.54) is 16.0 Å². The highest BCUT2D eigenvalue weighted by Gasteiger charge is 2.14. The molecule has 2 aromatic heterocycles. The van der Waals surface area contributed by atoms with E-state index in [2.05, 4.69) is 48.6 Å². The molecule has 30 heavy (non-hydrogen) atoms. The summed E-state index contributed by atoms with van der Waals surface area (Å²) in [6.07, 6.45) is 5.35. The monoisotopic (exact) mass is 430 g/mol. The van der Waals surface area contributed by atoms with Crippen LogP contribution in [0, 0.1) is 0 Å². The maximum Gasteiger partial charge on any atom is 0.250 e. The molecule has 2 aromatic carbocycles. The fourth-order valence-electron chi connectivity index (χ4n) is 3.17. The van der Waals surface area contributed by atoms with Gasteiger partial charge < -0.3 is 0 Å². The third kappa shape index (κ3) is 4.93. The van der Waals surface area contributed by atoms with Crippen molar-refractivity contribution < 1.29 is 4.79 Å². The molecule has 0 radical (unpaired) electrons. The van der Waals surface area contributed by atoms with Crippen LogP contribution < -0.4 is 5.32 Å². The Balaban J connectivity index is 1.54. The Kier molecular flexibility index (Phi) is 6.52. The predicted molar refractivity (Wildman–Crippen MR) is 129 cm³/mol. The molecule has 0 atom stereocenters. The zero-order valence-corrected chi connectivity index (χ0v) is 18.3. The van der Waals surface area contributed by atoms with E-state index in [4.69, 9.17) is 4.98 Å². The average molecular weight is 431 g/mol. The van der Waals surface area contributed by atoms with Gasteiger partial charge in [0.15, 0.2) is 5.13 Å². The number of benzene rings is 2. The second kappa shape index (κ2) is 9.65. The fourth-order valence-corrected chi connectivity index (χ4v) is 4.88. The van der Waals surface area contributed by atoms with E-state index in [1.54, 1.807) is 28.7 Å². The summed E-state index contributed by atoms with van der Waals surface area (Å²) in [5.74, 6) is -0.161. The first-order valence-electron chi connectivity index (χ1n) is 9.91. The smallest absolute Gasteiger partial charge is 0.250 e. The summed E-state index contributed by atoms with van der Waals surface area (Å²) in [7, 11) is 0. The zero-order valence-electron chi connectivity index (χ0n) is 16.7. The Labute approximate surface area is 184 Å². The molecular formula is C25H22N2OS2. The molecule has 0 aliphatic carbocycles. The lowest BCUT2D eigenvalue weighted by Crippen LogP contribution is -2.07. The molecule has 3 nitrogen and oxygen atoms in total. The van der Waals surface area contributed by atoms with Crippen LogP contribution in [0.1, 0.15) is 23.1 Å². The maximum absolute atomic E-state index is 12.3. The van der Waals surface area contributed by atoms with Crippen molar-refractivity contribution in [1.29, 1.82) is 0 Å². The molecule has 0 saturated carbocycles. The van der Waals surface area contributed by atoms with Crippen LogP contribution >= 0.6 is 22.7 Å². The van der Waals surface area contributed by atoms with E-state index in [1.807, 2.05) is 41.8 Å². The number of nitrogens with zero attached hydrogens (tertiary/aromatic N) is 1. The van der Waals surface area contributed by atoms with E-state index >= 15 is 0 Å². The molecule has 1 amide bonds. The highest BCUT2D eigenvalue weighted by molar-refractivity contribution is 7.16. The van der Waals surface area contributed by atoms with Gasteiger partial charge in [0.2, 0.25) is 5.91 Å². The predicted octanol–water partition coefficient (Wildman–Crippen LogP) is 7.14. The Bertz CT molecular complexity index is 1130. The van der Waals surface area contributed by atoms with Gasteiger partial charge in [0.25, 0.3) is 0 Å². The Morgan fingerprint density at radius 2 is 1.70 bits per heavy atom. The molecule has 0 aliphatic heterocycles. The van der Waals surface area contributed by atoms with Gasteiger partial charge in [0.05, 0.1) is 5.69 Å². The van der Waals surface area contributed by atoms with Crippen LogP contribution in [0.15, 0.2) is 78.2 Å². The van der Waals surface area contributed by atoms with Gasteiger partial charge in [0.1, 0.15) is 0 Å². The summed E-state index contributed by atoms with van der Waals surface area (Å²) in [6, 6.07) is 22.8. The minimum absolute atomic E-state index is 0.161. The minimum Gasteiger partial charge on any atom is -0.298 e. The number of carbonyl (C=O) groups excluding carboxylic acids is 1. The first-order chi connectivity index (χ1) is 14.7. The van der Waals surface area contributed by atoms with E-state index in [0.29, 0.717) is 5.13 Å². The van der Waals surface area contributed by atoms with Crippen LogP contribution in [0.25, 0.3) is 28.5 Å². The van der Waals surface area contributed by atoms with Crippen LogP contribution in [0.2, 0.25) is 0 Å². The van der Waals surface area contributed by atoms with Crippen LogP contribution in [-0.4, -0.2) is 10.9 Å². The topological polar surface area (TPSA) is 42.0 Å². The summed E-state index contributed by atoms with van der Waals surface area (Å²) < 4.78 is 0. The van der Waals surface area contributed by atoms with Crippen molar-refractivity contribution in [3.63, 3.8) is 0 Å². The number of thiophene rings is 1. The number of aromatic nitrogens is 1. The van der Waals surface area contributed by atoms with Gasteiger partial charge in [-0.25, -0.2) is 4.98 Å². The molecule has 0 unspecified atom stereocenters. The summed E-state index contributed by atoms with van der Waals surface area (Å²) in [5.41, 5.74) is 4.41. The number of nitrogens with one attached hydrogen (secondary N) is 1. The van der Waals surface area contributed by atoms with Crippen LogP contribution in [0.4, 0.5) is 5.13 Å². The van der Waals surface area contributed by atoms with Crippen molar-refractivity contribution >= 4 is 39.8 Å². The van der Waals surface area contributed by atoms with E-state index < -0.39 is 0 Å². The van der Waals surface area contributed by atoms with Crippen LogP contribution in [0.5, 0.6) is 0 Å². The molecule has 1 N–H and O–H groups in total. The summed E-state index contributed by atoms with van der Waals surface area (Å²) in [5, 5.41) is 5.55. The van der Waals surface area contributed by atoms with Crippen molar-refractivity contribution in [3.8, 4) is 22.4 Å². The molecule has 4 aromatic rings. The largest absolute Gasteiger partial charge is 0.298 e. The summed E-state index contributed by atoms with van der Waals surface area (Å²) in [4.78, 5) is 19.3. The van der Waals surface area contributed by atoms with Crippen molar-refractivity contribution in [2.75, 3.05) is 5.32 Å². The summed E-state index contributed by atoms with van der Waals surface area (Å²) in [6.45, 7) is 2.16. The standard InChI is InChI=1S/C25H22N2OS2/c1-2-7-22-24(20-13-11-19(12-14-20)18-8-4-3-5-9-18)27-25(30-22)26-23(28)16-15-21-10-6-17-29-21/h3-6,8-17H,2,7H2,1H3,(H,26,27,28). The fraction of sp³-hybridized carbons (Fsp3) is 0.120. The van der Waals surface area contributed by atoms with E-state index in [9.17, 15) is 4.79 Å². The molecule has 150 valence electrons. The highest BCUT2D eigenvalue weighted by atomic mass is 32.1. The zero-order chi connectivity index (χ0) is 20.8. The lowest BCUT2D eigenvalue weighted by molar-refractivity contribution is -0.111. The lowest BCUT2D eigenvalue weighted by atomic mass is 10.0. The maximum atomic E-state index is 12.3. The molecule has 0 spiro atoms. The van der Waals surface area contributed by atoms with E-state index in [-0.39, 0.29) is 5.91 Å². The molecule has 2 heterocycles. The van der Waals surface area contributed by atoms with Crippen molar-refractivity contribution in [2.24, 2.45) is 0 Å². The molecule has 5 heteroatoms. The number of rotatable bonds is 7. The number of carbonyl (C=O) groups is 1. The number of aryl methyl sites for hydroxylation is 1. The third-order valence-electron chi connectivity index (χ3n) is 4.61. The Hall–Kier alpha value is -3.02. The van der Waals surface area contributed by atoms with Gasteiger partial charge in [-0.05, 0) is 35.1 Å². The molecule has 4 rings (SSSR count). The first-order valence-corrected chi connectivity index (χ1v) is 11.6. The lowest BCUT2D eigenvalue weighted by Gasteiger charge is -2.04. The van der Waals surface area contributed by atoms with Crippen molar-refractivity contribution in [2.45, 2.75) is 19.8 Å². The average Bonchev–Trinajstić information content (AvgIpc) is 3.43. The SMILES string of the molecule is CCCc1sc(NC(=O)C=Cc2cccs2)nc1-c1ccc(-c2ccccc2)cc1. The van der Waals surface area contributed by atoms with E-state index in [0.717, 1.165) is 29.0 Å². The number of thiazole rings is 1. The van der Waals surface area contributed by atoms with Gasteiger partial charge in [-0.15, -0.1) is 22.7 Å². The van der Waals surface area contributed by atoms with Gasteiger partial charge in [0, 0.05) is 21.4 Å². The molecular weight excluding hydrogens is 408 g/mol. The Morgan fingerprint density at radius 3 is 2.40 bits per heavy atom. The first kappa shape index (κ1) is 20.3. The second-order valence-electron chi connectivity index (χ2n) is 6.82. The van der Waals surface area contributed by atoms with Gasteiger partial charge >= 0.3 is 0 Å². The van der Waals surface area contributed by atoms with Crippen LogP contribution in [-0.2, 0) is 11.2 Å². The molecule has 0 bridgehead atoms. The van der Waals surface area contributed by atoms with Crippen molar-refractivity contribution in [1.82, 2.24) is 4.98 Å². The van der Waals surface area contributed by atoms with Gasteiger partial charge in [-0.2, -0.15) is 0 Å². The second-order valence-corrected chi connectivity index (χ2v) is 8.89. The molecule has 0 saturated heterocycles. The molecule has 0 aliphatic rings. The number of hydrogen-bond donors (Lipinski definition) is 1. The van der Waals surface area contributed by atoms with Gasteiger partial charge in [-0.3, -0.25) is 10.1 Å². The number of amides is 1. The normalized spacial score (nSPS) is 11.1. The molecule has 0 fully saturated rings. The number of anilines is 1. The van der Waals surface area contributed by atoms with Crippen LogP contribution in [0.3, 0.4) is 0 Å². The van der Waals surface area contributed by atoms with Crippen molar-refractivity contribution in [3.05, 3.63) is 87.9 Å². The number of hydrogen-bond acceptors (Lipinski definition) is 4. The quantitative estimate of drug-likeness (QED) is 0.317. The minimum atomic E-state index is -0.161. The Morgan fingerprint density at radius 1 is 0.967 bits per heavy atom. The highest BCUT2D eigenvalue weighted by Crippen LogP contribution is 2.33. The third-order valence-corrected chi connectivity index (χ3v) is 6.48. The summed E-state index contributed by atoms with van der Waals surface area (Å²) >= 11 is 3.16. The van der Waals surface area contributed by atoms with Gasteiger partial charge in [-0.1, -0.05) is 74.0 Å².